The van der Waals surface area contributed by atoms with Crippen LogP contribution in [0, 0.1) is 6.92 Å². The Kier molecular flexibility index (Phi) is 5.81. The molecule has 30 heavy (non-hydrogen) atoms. The summed E-state index contributed by atoms with van der Waals surface area (Å²) in [5.74, 6) is 0.779. The molecule has 5 atom stereocenters. The highest BCUT2D eigenvalue weighted by molar-refractivity contribution is 5.87. The zero-order valence-electron chi connectivity index (χ0n) is 17.0. The normalized spacial score (nSPS) is 26.8. The summed E-state index contributed by atoms with van der Waals surface area (Å²) < 4.78 is 12.9. The van der Waals surface area contributed by atoms with Gasteiger partial charge in [0.25, 0.3) is 0 Å². The summed E-state index contributed by atoms with van der Waals surface area (Å²) in [7, 11) is 1.63. The van der Waals surface area contributed by atoms with E-state index in [4.69, 9.17) is 9.47 Å². The van der Waals surface area contributed by atoms with E-state index >= 15 is 0 Å². The van der Waals surface area contributed by atoms with Crippen LogP contribution < -0.4 is 4.74 Å². The van der Waals surface area contributed by atoms with Crippen LogP contribution in [-0.2, 0) is 11.2 Å². The number of fused-ring (bicyclic) bond motifs is 1. The Morgan fingerprint density at radius 2 is 1.80 bits per heavy atom. The highest BCUT2D eigenvalue weighted by Gasteiger charge is 2.44. The van der Waals surface area contributed by atoms with E-state index in [1.165, 1.54) is 0 Å². The zero-order chi connectivity index (χ0) is 21.4. The summed E-state index contributed by atoms with van der Waals surface area (Å²) in [5.41, 5.74) is 3.96. The Labute approximate surface area is 174 Å². The van der Waals surface area contributed by atoms with E-state index in [0.29, 0.717) is 6.42 Å². The lowest BCUT2D eigenvalue weighted by atomic mass is 9.98. The van der Waals surface area contributed by atoms with Gasteiger partial charge in [0.1, 0.15) is 30.2 Å². The van der Waals surface area contributed by atoms with E-state index < -0.39 is 37.3 Å². The highest BCUT2D eigenvalue weighted by Crippen LogP contribution is 2.35. The molecule has 1 aromatic heterocycles. The summed E-state index contributed by atoms with van der Waals surface area (Å²) in [4.78, 5) is 0. The number of aromatic nitrogens is 1. The molecule has 1 saturated heterocycles. The van der Waals surface area contributed by atoms with Crippen molar-refractivity contribution in [3.8, 4) is 5.75 Å². The lowest BCUT2D eigenvalue weighted by Gasteiger charge is -2.40. The number of aliphatic hydroxyl groups excluding tert-OH is 4. The van der Waals surface area contributed by atoms with Gasteiger partial charge in [0.15, 0.2) is 6.23 Å². The molecule has 0 bridgehead atoms. The van der Waals surface area contributed by atoms with Crippen molar-refractivity contribution in [1.29, 1.82) is 0 Å². The maximum absolute atomic E-state index is 10.6. The number of ether oxygens (including phenoxy) is 2. The molecule has 2 heterocycles. The van der Waals surface area contributed by atoms with Gasteiger partial charge >= 0.3 is 0 Å². The maximum atomic E-state index is 10.6. The Bertz CT molecular complexity index is 1030. The average Bonchev–Trinajstić information content (AvgIpc) is 3.12. The van der Waals surface area contributed by atoms with Crippen molar-refractivity contribution in [1.82, 2.24) is 4.57 Å². The van der Waals surface area contributed by atoms with Gasteiger partial charge in [-0.3, -0.25) is 0 Å². The first-order valence-electron chi connectivity index (χ1n) is 9.97. The molecule has 160 valence electrons. The molecule has 0 spiro atoms. The molecule has 0 amide bonds. The van der Waals surface area contributed by atoms with Gasteiger partial charge in [-0.15, -0.1) is 0 Å². The Morgan fingerprint density at radius 3 is 2.53 bits per heavy atom. The van der Waals surface area contributed by atoms with Gasteiger partial charge in [-0.05, 0) is 42.2 Å². The van der Waals surface area contributed by atoms with E-state index in [9.17, 15) is 20.4 Å². The molecule has 1 aliphatic rings. The van der Waals surface area contributed by atoms with Gasteiger partial charge in [-0.25, -0.2) is 0 Å². The lowest BCUT2D eigenvalue weighted by Crippen LogP contribution is -2.56. The number of aliphatic hydroxyl groups is 4. The number of nitrogens with zero attached hydrogens (tertiary/aromatic N) is 1. The van der Waals surface area contributed by atoms with Crippen LogP contribution in [0.3, 0.4) is 0 Å². The predicted octanol–water partition coefficient (Wildman–Crippen LogP) is 1.52. The van der Waals surface area contributed by atoms with Gasteiger partial charge in [0.05, 0.1) is 19.2 Å². The molecule has 1 fully saturated rings. The zero-order valence-corrected chi connectivity index (χ0v) is 17.0. The number of benzene rings is 2. The number of methoxy groups -OCH3 is 1. The maximum Gasteiger partial charge on any atom is 0.163 e. The van der Waals surface area contributed by atoms with Crippen molar-refractivity contribution in [2.24, 2.45) is 0 Å². The molecule has 7 nitrogen and oxygen atoms in total. The van der Waals surface area contributed by atoms with Crippen LogP contribution in [0.4, 0.5) is 0 Å². The molecule has 0 saturated carbocycles. The molecule has 0 unspecified atom stereocenters. The molecular formula is C23H27NO6. The quantitative estimate of drug-likeness (QED) is 0.506. The standard InChI is InChI=1S/C23H27NO6/c1-13-5-3-8-17-15(9-14-6-4-7-16(10-14)29-2)11-24(19(13)17)23-22(28)21(27)20(26)18(12-25)30-23/h3-8,10-11,18,20-23,25-28H,9,12H2,1-2H3/t18-,20-,21+,22-,23-/m1/s1. The fourth-order valence-corrected chi connectivity index (χ4v) is 4.22. The molecule has 4 N–H and O–H groups in total. The van der Waals surface area contributed by atoms with Crippen LogP contribution in [0.15, 0.2) is 48.7 Å². The Morgan fingerprint density at radius 1 is 1.03 bits per heavy atom. The van der Waals surface area contributed by atoms with Crippen LogP contribution in [0.1, 0.15) is 22.9 Å². The van der Waals surface area contributed by atoms with Crippen LogP contribution in [-0.4, -0.2) is 63.1 Å². The van der Waals surface area contributed by atoms with Gasteiger partial charge in [-0.2, -0.15) is 0 Å². The van der Waals surface area contributed by atoms with Crippen LogP contribution in [0.2, 0.25) is 0 Å². The fraction of sp³-hybridized carbons (Fsp3) is 0.391. The van der Waals surface area contributed by atoms with Crippen molar-refractivity contribution in [2.45, 2.75) is 44.0 Å². The van der Waals surface area contributed by atoms with Gasteiger partial charge < -0.3 is 34.5 Å². The average molecular weight is 413 g/mol. The third-order valence-corrected chi connectivity index (χ3v) is 5.81. The lowest BCUT2D eigenvalue weighted by molar-refractivity contribution is -0.250. The van der Waals surface area contributed by atoms with Crippen molar-refractivity contribution < 1.29 is 29.9 Å². The van der Waals surface area contributed by atoms with Gasteiger partial charge in [-0.1, -0.05) is 30.3 Å². The molecule has 0 aliphatic carbocycles. The second-order valence-electron chi connectivity index (χ2n) is 7.78. The SMILES string of the molecule is COc1cccc(Cc2cn([C@@H]3O[C@H](CO)[C@@H](O)[C@H](O)[C@H]3O)c3c(C)cccc23)c1. The highest BCUT2D eigenvalue weighted by atomic mass is 16.6. The number of hydrogen-bond acceptors (Lipinski definition) is 6. The molecule has 4 rings (SSSR count). The summed E-state index contributed by atoms with van der Waals surface area (Å²) in [6, 6.07) is 13.8. The second kappa shape index (κ2) is 8.37. The third kappa shape index (κ3) is 3.59. The number of hydrogen-bond donors (Lipinski definition) is 4. The summed E-state index contributed by atoms with van der Waals surface area (Å²) in [6.07, 6.45) is -3.52. The van der Waals surface area contributed by atoms with Crippen molar-refractivity contribution in [3.63, 3.8) is 0 Å². The Balaban J connectivity index is 1.79. The number of aryl methyl sites for hydroxylation is 1. The minimum Gasteiger partial charge on any atom is -0.497 e. The number of rotatable bonds is 5. The second-order valence-corrected chi connectivity index (χ2v) is 7.78. The minimum absolute atomic E-state index is 0.462. The van der Waals surface area contributed by atoms with Crippen molar-refractivity contribution >= 4 is 10.9 Å². The van der Waals surface area contributed by atoms with Crippen LogP contribution in [0.5, 0.6) is 5.75 Å². The molecule has 2 aromatic carbocycles. The molecule has 0 radical (unpaired) electrons. The molecule has 7 heteroatoms. The first-order chi connectivity index (χ1) is 14.4. The molecule has 3 aromatic rings. The van der Waals surface area contributed by atoms with Crippen molar-refractivity contribution in [3.05, 3.63) is 65.4 Å². The predicted molar refractivity (Wildman–Crippen MR) is 111 cm³/mol. The van der Waals surface area contributed by atoms with E-state index in [0.717, 1.165) is 33.3 Å². The minimum atomic E-state index is -1.43. The van der Waals surface area contributed by atoms with Crippen LogP contribution in [0.25, 0.3) is 10.9 Å². The monoisotopic (exact) mass is 413 g/mol. The van der Waals surface area contributed by atoms with Gasteiger partial charge in [0, 0.05) is 11.6 Å². The van der Waals surface area contributed by atoms with E-state index in [-0.39, 0.29) is 0 Å². The van der Waals surface area contributed by atoms with E-state index in [1.54, 1.807) is 11.7 Å². The molecule has 1 aliphatic heterocycles. The fourth-order valence-electron chi connectivity index (χ4n) is 4.22. The topological polar surface area (TPSA) is 104 Å². The summed E-state index contributed by atoms with van der Waals surface area (Å²) in [5, 5.41) is 41.6. The van der Waals surface area contributed by atoms with Crippen molar-refractivity contribution in [2.75, 3.05) is 13.7 Å². The summed E-state index contributed by atoms with van der Waals surface area (Å²) in [6.45, 7) is 1.51. The Hall–Kier alpha value is -2.42. The first-order valence-corrected chi connectivity index (χ1v) is 9.97. The van der Waals surface area contributed by atoms with Gasteiger partial charge in [0.2, 0.25) is 0 Å². The molecular weight excluding hydrogens is 386 g/mol. The third-order valence-electron chi connectivity index (χ3n) is 5.81. The smallest absolute Gasteiger partial charge is 0.163 e. The summed E-state index contributed by atoms with van der Waals surface area (Å²) >= 11 is 0. The van der Waals surface area contributed by atoms with Crippen LogP contribution >= 0.6 is 0 Å². The van der Waals surface area contributed by atoms with E-state index in [2.05, 4.69) is 0 Å². The first kappa shape index (κ1) is 20.8. The largest absolute Gasteiger partial charge is 0.497 e. The van der Waals surface area contributed by atoms with E-state index in [1.807, 2.05) is 55.6 Å². The number of para-hydroxylation sites is 1.